The maximum atomic E-state index is 11.4. The third-order valence-corrected chi connectivity index (χ3v) is 3.94. The molecule has 2 N–H and O–H groups in total. The molecule has 1 aliphatic rings. The van der Waals surface area contributed by atoms with Crippen LogP contribution in [-0.2, 0) is 4.79 Å². The lowest BCUT2D eigenvalue weighted by molar-refractivity contribution is -0.115. The molecule has 2 rings (SSSR count). The van der Waals surface area contributed by atoms with E-state index in [4.69, 9.17) is 12.2 Å². The molecule has 1 fully saturated rings. The molecule has 0 saturated carbocycles. The maximum Gasteiger partial charge on any atom is 0.263 e. The van der Waals surface area contributed by atoms with Crippen LogP contribution in [0, 0.1) is 3.57 Å². The van der Waals surface area contributed by atoms with Crippen LogP contribution in [0.25, 0.3) is 6.08 Å². The number of nitrogens with one attached hydrogen (secondary N) is 1. The molecule has 1 aromatic rings. The number of carbonyl (C=O) groups excluding carboxylic acids is 1. The summed E-state index contributed by atoms with van der Waals surface area (Å²) < 4.78 is 1.22. The smallest absolute Gasteiger partial charge is 0.263 e. The second-order valence-corrected chi connectivity index (χ2v) is 5.94. The summed E-state index contributed by atoms with van der Waals surface area (Å²) in [5.41, 5.74) is 0.865. The minimum Gasteiger partial charge on any atom is -0.507 e. The van der Waals surface area contributed by atoms with Crippen LogP contribution >= 0.6 is 46.6 Å². The zero-order valence-electron chi connectivity index (χ0n) is 7.86. The molecular weight excluding hydrogens is 357 g/mol. The van der Waals surface area contributed by atoms with Gasteiger partial charge in [-0.3, -0.25) is 4.79 Å². The molecule has 0 radical (unpaired) electrons. The van der Waals surface area contributed by atoms with Crippen molar-refractivity contribution in [3.8, 4) is 5.75 Å². The first-order valence-corrected chi connectivity index (χ1v) is 6.60. The van der Waals surface area contributed by atoms with Crippen LogP contribution in [0.2, 0.25) is 0 Å². The Morgan fingerprint density at radius 1 is 1.50 bits per heavy atom. The molecule has 0 bridgehead atoms. The SMILES string of the molecule is O=C1NC(=S)S/C1=C\c1ccc(O)c(I)c1. The van der Waals surface area contributed by atoms with Gasteiger partial charge in [-0.1, -0.05) is 30.0 Å². The molecule has 1 heterocycles. The molecule has 1 saturated heterocycles. The lowest BCUT2D eigenvalue weighted by Gasteiger charge is -1.99. The Morgan fingerprint density at radius 3 is 2.81 bits per heavy atom. The van der Waals surface area contributed by atoms with Crippen molar-refractivity contribution < 1.29 is 9.90 Å². The molecule has 6 heteroatoms. The van der Waals surface area contributed by atoms with E-state index in [9.17, 15) is 9.90 Å². The quantitative estimate of drug-likeness (QED) is 0.457. The molecule has 16 heavy (non-hydrogen) atoms. The van der Waals surface area contributed by atoms with Gasteiger partial charge in [0, 0.05) is 0 Å². The van der Waals surface area contributed by atoms with Crippen molar-refractivity contribution in [2.24, 2.45) is 0 Å². The number of aromatic hydroxyl groups is 1. The Morgan fingerprint density at radius 2 is 2.25 bits per heavy atom. The number of halogens is 1. The van der Waals surface area contributed by atoms with E-state index in [0.717, 1.165) is 9.13 Å². The van der Waals surface area contributed by atoms with Crippen LogP contribution in [0.5, 0.6) is 5.75 Å². The monoisotopic (exact) mass is 363 g/mol. The zero-order valence-corrected chi connectivity index (χ0v) is 11.6. The van der Waals surface area contributed by atoms with Crippen molar-refractivity contribution in [3.05, 3.63) is 32.2 Å². The first-order chi connectivity index (χ1) is 7.56. The number of carbonyl (C=O) groups is 1. The lowest BCUT2D eigenvalue weighted by Crippen LogP contribution is -2.17. The van der Waals surface area contributed by atoms with E-state index >= 15 is 0 Å². The number of rotatable bonds is 1. The van der Waals surface area contributed by atoms with Crippen LogP contribution < -0.4 is 5.32 Å². The van der Waals surface area contributed by atoms with Crippen molar-refractivity contribution in [3.63, 3.8) is 0 Å². The van der Waals surface area contributed by atoms with Gasteiger partial charge in [-0.15, -0.1) is 0 Å². The Bertz CT molecular complexity index is 514. The Labute approximate surface area is 115 Å². The predicted octanol–water partition coefficient (Wildman–Crippen LogP) is 2.49. The maximum absolute atomic E-state index is 11.4. The third-order valence-electron chi connectivity index (χ3n) is 1.91. The molecule has 1 aromatic carbocycles. The van der Waals surface area contributed by atoms with Crippen LogP contribution in [0.3, 0.4) is 0 Å². The van der Waals surface area contributed by atoms with Gasteiger partial charge in [0.1, 0.15) is 10.1 Å². The van der Waals surface area contributed by atoms with E-state index in [1.165, 1.54) is 11.8 Å². The molecule has 0 aliphatic carbocycles. The van der Waals surface area contributed by atoms with E-state index in [0.29, 0.717) is 9.23 Å². The van der Waals surface area contributed by atoms with Gasteiger partial charge < -0.3 is 10.4 Å². The summed E-state index contributed by atoms with van der Waals surface area (Å²) in [5, 5.41) is 11.9. The van der Waals surface area contributed by atoms with Gasteiger partial charge in [-0.25, -0.2) is 0 Å². The topological polar surface area (TPSA) is 49.3 Å². The van der Waals surface area contributed by atoms with Gasteiger partial charge in [-0.05, 0) is 46.4 Å². The highest BCUT2D eigenvalue weighted by molar-refractivity contribution is 14.1. The van der Waals surface area contributed by atoms with Gasteiger partial charge in [-0.2, -0.15) is 0 Å². The summed E-state index contributed by atoms with van der Waals surface area (Å²) in [7, 11) is 0. The van der Waals surface area contributed by atoms with Crippen molar-refractivity contribution in [2.75, 3.05) is 0 Å². The number of thioether (sulfide) groups is 1. The van der Waals surface area contributed by atoms with Crippen molar-refractivity contribution >= 4 is 62.9 Å². The molecule has 3 nitrogen and oxygen atoms in total. The van der Waals surface area contributed by atoms with E-state index in [1.807, 2.05) is 22.6 Å². The van der Waals surface area contributed by atoms with Crippen molar-refractivity contribution in [1.29, 1.82) is 0 Å². The van der Waals surface area contributed by atoms with Gasteiger partial charge >= 0.3 is 0 Å². The molecule has 1 amide bonds. The number of hydrogen-bond acceptors (Lipinski definition) is 4. The third kappa shape index (κ3) is 2.55. The van der Waals surface area contributed by atoms with Crippen LogP contribution in [0.15, 0.2) is 23.1 Å². The average Bonchev–Trinajstić information content (AvgIpc) is 2.51. The number of phenolic OH excluding ortho intramolecular Hbond substituents is 1. The summed E-state index contributed by atoms with van der Waals surface area (Å²) in [4.78, 5) is 12.0. The van der Waals surface area contributed by atoms with E-state index < -0.39 is 0 Å². The highest BCUT2D eigenvalue weighted by Crippen LogP contribution is 2.27. The first kappa shape index (κ1) is 11.9. The number of hydrogen-bond donors (Lipinski definition) is 2. The molecule has 0 spiro atoms. The van der Waals surface area contributed by atoms with Gasteiger partial charge in [0.2, 0.25) is 0 Å². The molecule has 82 valence electrons. The Kier molecular flexibility index (Phi) is 3.50. The number of amides is 1. The Hall–Kier alpha value is -0.600. The molecular formula is C10H6INO2S2. The second-order valence-electron chi connectivity index (χ2n) is 3.06. The normalized spacial score (nSPS) is 17.9. The fourth-order valence-corrected chi connectivity index (χ4v) is 2.77. The van der Waals surface area contributed by atoms with Crippen LogP contribution in [0.4, 0.5) is 0 Å². The first-order valence-electron chi connectivity index (χ1n) is 4.29. The van der Waals surface area contributed by atoms with Crippen LogP contribution in [0.1, 0.15) is 5.56 Å². The molecule has 1 aliphatic heterocycles. The fourth-order valence-electron chi connectivity index (χ4n) is 1.19. The predicted molar refractivity (Wildman–Crippen MR) is 77.1 cm³/mol. The second kappa shape index (κ2) is 4.72. The van der Waals surface area contributed by atoms with E-state index in [-0.39, 0.29) is 11.7 Å². The number of phenols is 1. The van der Waals surface area contributed by atoms with Gasteiger partial charge in [0.25, 0.3) is 5.91 Å². The van der Waals surface area contributed by atoms with Gasteiger partial charge in [0.05, 0.1) is 8.48 Å². The van der Waals surface area contributed by atoms with E-state index in [2.05, 4.69) is 5.32 Å². The summed E-state index contributed by atoms with van der Waals surface area (Å²) in [5.74, 6) is 0.0693. The summed E-state index contributed by atoms with van der Waals surface area (Å²) in [6, 6.07) is 5.15. The average molecular weight is 363 g/mol. The Balaban J connectivity index is 2.32. The minimum absolute atomic E-state index is 0.168. The number of benzene rings is 1. The largest absolute Gasteiger partial charge is 0.507 e. The lowest BCUT2D eigenvalue weighted by atomic mass is 10.2. The minimum atomic E-state index is -0.168. The summed E-state index contributed by atoms with van der Waals surface area (Å²) >= 11 is 8.16. The summed E-state index contributed by atoms with van der Waals surface area (Å²) in [6.07, 6.45) is 1.75. The molecule has 0 aromatic heterocycles. The zero-order chi connectivity index (χ0) is 11.7. The standard InChI is InChI=1S/C10H6INO2S2/c11-6-3-5(1-2-7(6)13)4-8-9(14)12-10(15)16-8/h1-4,13H,(H,12,14,15)/b8-4-. The fraction of sp³-hybridized carbons (Fsp3) is 0. The molecule has 0 unspecified atom stereocenters. The highest BCUT2D eigenvalue weighted by Gasteiger charge is 2.21. The van der Waals surface area contributed by atoms with Crippen molar-refractivity contribution in [1.82, 2.24) is 5.32 Å². The summed E-state index contributed by atoms with van der Waals surface area (Å²) in [6.45, 7) is 0. The van der Waals surface area contributed by atoms with Crippen molar-refractivity contribution in [2.45, 2.75) is 0 Å². The highest BCUT2D eigenvalue weighted by atomic mass is 127. The number of thiocarbonyl (C=S) groups is 1. The van der Waals surface area contributed by atoms with Crippen LogP contribution in [-0.4, -0.2) is 15.3 Å². The molecule has 0 atom stereocenters. The van der Waals surface area contributed by atoms with Gasteiger partial charge in [0.15, 0.2) is 0 Å². The van der Waals surface area contributed by atoms with E-state index in [1.54, 1.807) is 24.3 Å².